The zero-order valence-electron chi connectivity index (χ0n) is 15.9. The van der Waals surface area contributed by atoms with E-state index in [1.165, 1.54) is 5.56 Å². The molecule has 26 heavy (non-hydrogen) atoms. The summed E-state index contributed by atoms with van der Waals surface area (Å²) in [6, 6.07) is 15.4. The van der Waals surface area contributed by atoms with Crippen molar-refractivity contribution in [3.63, 3.8) is 0 Å². The lowest BCUT2D eigenvalue weighted by Crippen LogP contribution is -2.56. The predicted molar refractivity (Wildman–Crippen MR) is 102 cm³/mol. The maximum absolute atomic E-state index is 13.2. The van der Waals surface area contributed by atoms with E-state index in [-0.39, 0.29) is 24.4 Å². The van der Waals surface area contributed by atoms with Crippen molar-refractivity contribution in [1.29, 1.82) is 0 Å². The van der Waals surface area contributed by atoms with Gasteiger partial charge in [-0.1, -0.05) is 59.7 Å². The summed E-state index contributed by atoms with van der Waals surface area (Å²) in [4.78, 5) is 29.5. The van der Waals surface area contributed by atoms with Crippen molar-refractivity contribution in [2.45, 2.75) is 46.3 Å². The Morgan fingerprint density at radius 2 is 1.46 bits per heavy atom. The van der Waals surface area contributed by atoms with Gasteiger partial charge in [-0.15, -0.1) is 0 Å². The summed E-state index contributed by atoms with van der Waals surface area (Å²) in [5.41, 5.74) is 4.21. The molecule has 0 bridgehead atoms. The molecule has 136 valence electrons. The van der Waals surface area contributed by atoms with E-state index in [4.69, 9.17) is 0 Å². The molecule has 2 aromatic carbocycles. The van der Waals surface area contributed by atoms with Crippen LogP contribution in [0, 0.1) is 13.8 Å². The second-order valence-corrected chi connectivity index (χ2v) is 7.38. The third-order valence-corrected chi connectivity index (χ3v) is 4.94. The van der Waals surface area contributed by atoms with Crippen molar-refractivity contribution in [1.82, 2.24) is 9.80 Å². The molecule has 1 heterocycles. The zero-order valence-corrected chi connectivity index (χ0v) is 15.9. The summed E-state index contributed by atoms with van der Waals surface area (Å²) in [5.74, 6) is -0.0139. The smallest absolute Gasteiger partial charge is 0.250 e. The molecule has 0 aromatic heterocycles. The fourth-order valence-corrected chi connectivity index (χ4v) is 3.33. The number of piperazine rings is 1. The summed E-state index contributed by atoms with van der Waals surface area (Å²) < 4.78 is 0. The van der Waals surface area contributed by atoms with Gasteiger partial charge in [0.25, 0.3) is 5.91 Å². The number of carbonyl (C=O) groups excluding carboxylic acids is 2. The molecule has 1 aliphatic heterocycles. The van der Waals surface area contributed by atoms with E-state index in [1.807, 2.05) is 76.2 Å². The Kier molecular flexibility index (Phi) is 5.12. The van der Waals surface area contributed by atoms with Crippen molar-refractivity contribution >= 4 is 11.8 Å². The molecule has 0 radical (unpaired) electrons. The molecular formula is C22H26N2O2. The van der Waals surface area contributed by atoms with Crippen LogP contribution in [0.2, 0.25) is 0 Å². The molecule has 4 nitrogen and oxygen atoms in total. The Labute approximate surface area is 155 Å². The van der Waals surface area contributed by atoms with Crippen LogP contribution in [-0.2, 0) is 16.1 Å². The van der Waals surface area contributed by atoms with E-state index in [1.54, 1.807) is 9.80 Å². The van der Waals surface area contributed by atoms with Gasteiger partial charge in [-0.25, -0.2) is 0 Å². The van der Waals surface area contributed by atoms with E-state index < -0.39 is 6.04 Å². The molecule has 0 saturated carbocycles. The minimum absolute atomic E-state index is 0.000855. The minimum atomic E-state index is -0.569. The Bertz CT molecular complexity index is 794. The van der Waals surface area contributed by atoms with Gasteiger partial charge in [-0.2, -0.15) is 0 Å². The number of aryl methyl sites for hydroxylation is 2. The fraction of sp³-hybridized carbons (Fsp3) is 0.364. The van der Waals surface area contributed by atoms with Gasteiger partial charge in [0.05, 0.1) is 0 Å². The Morgan fingerprint density at radius 1 is 0.923 bits per heavy atom. The van der Waals surface area contributed by atoms with Crippen LogP contribution in [-0.4, -0.2) is 34.2 Å². The van der Waals surface area contributed by atoms with Crippen molar-refractivity contribution in [2.75, 3.05) is 6.54 Å². The molecule has 0 spiro atoms. The monoisotopic (exact) mass is 350 g/mol. The van der Waals surface area contributed by atoms with Gasteiger partial charge < -0.3 is 9.80 Å². The van der Waals surface area contributed by atoms with E-state index in [0.29, 0.717) is 6.54 Å². The average Bonchev–Trinajstić information content (AvgIpc) is 2.61. The first-order chi connectivity index (χ1) is 12.4. The molecule has 0 aliphatic carbocycles. The summed E-state index contributed by atoms with van der Waals surface area (Å²) >= 11 is 0. The van der Waals surface area contributed by atoms with E-state index in [2.05, 4.69) is 0 Å². The number of benzene rings is 2. The summed E-state index contributed by atoms with van der Waals surface area (Å²) in [5, 5.41) is 0. The second kappa shape index (κ2) is 7.32. The molecule has 2 amide bonds. The lowest BCUT2D eigenvalue weighted by Gasteiger charge is -2.42. The highest BCUT2D eigenvalue weighted by Crippen LogP contribution is 2.30. The molecule has 1 unspecified atom stereocenters. The van der Waals surface area contributed by atoms with Crippen LogP contribution in [0.4, 0.5) is 0 Å². The zero-order chi connectivity index (χ0) is 18.8. The number of hydrogen-bond acceptors (Lipinski definition) is 2. The normalized spacial score (nSPS) is 18.0. The van der Waals surface area contributed by atoms with Crippen LogP contribution in [0.5, 0.6) is 0 Å². The summed E-state index contributed by atoms with van der Waals surface area (Å²) in [6.45, 7) is 8.54. The van der Waals surface area contributed by atoms with Gasteiger partial charge in [0.2, 0.25) is 5.91 Å². The first-order valence-electron chi connectivity index (χ1n) is 9.09. The molecule has 3 rings (SSSR count). The fourth-order valence-electron chi connectivity index (χ4n) is 3.33. The van der Waals surface area contributed by atoms with Crippen LogP contribution in [0.25, 0.3) is 0 Å². The number of carbonyl (C=O) groups is 2. The van der Waals surface area contributed by atoms with Crippen LogP contribution in [0.1, 0.15) is 42.1 Å². The molecule has 1 fully saturated rings. The standard InChI is InChI=1S/C22H26N2O2/c1-15(2)23-14-20(25)24(13-18-9-5-16(3)6-10-18)21(22(23)26)19-11-7-17(4)8-12-19/h5-12,15,21H,13-14H2,1-4H3. The van der Waals surface area contributed by atoms with Crippen molar-refractivity contribution < 1.29 is 9.59 Å². The molecule has 1 aliphatic rings. The van der Waals surface area contributed by atoms with Crippen molar-refractivity contribution in [3.05, 3.63) is 70.8 Å². The van der Waals surface area contributed by atoms with E-state index in [0.717, 1.165) is 16.7 Å². The SMILES string of the molecule is Cc1ccc(CN2C(=O)CN(C(C)C)C(=O)C2c2ccc(C)cc2)cc1. The van der Waals surface area contributed by atoms with E-state index in [9.17, 15) is 9.59 Å². The summed E-state index contributed by atoms with van der Waals surface area (Å²) in [7, 11) is 0. The lowest BCUT2D eigenvalue weighted by atomic mass is 9.98. The Morgan fingerprint density at radius 3 is 2.00 bits per heavy atom. The Balaban J connectivity index is 1.98. The maximum Gasteiger partial charge on any atom is 0.250 e. The maximum atomic E-state index is 13.2. The van der Waals surface area contributed by atoms with Crippen LogP contribution < -0.4 is 0 Å². The number of hydrogen-bond donors (Lipinski definition) is 0. The first-order valence-corrected chi connectivity index (χ1v) is 9.09. The first kappa shape index (κ1) is 18.2. The van der Waals surface area contributed by atoms with Gasteiger partial charge in [0.15, 0.2) is 0 Å². The highest BCUT2D eigenvalue weighted by atomic mass is 16.2. The second-order valence-electron chi connectivity index (χ2n) is 7.38. The molecule has 2 aromatic rings. The van der Waals surface area contributed by atoms with Crippen LogP contribution >= 0.6 is 0 Å². The van der Waals surface area contributed by atoms with Gasteiger partial charge in [-0.3, -0.25) is 9.59 Å². The van der Waals surface area contributed by atoms with Crippen molar-refractivity contribution in [3.8, 4) is 0 Å². The van der Waals surface area contributed by atoms with Gasteiger partial charge >= 0.3 is 0 Å². The third-order valence-electron chi connectivity index (χ3n) is 4.94. The number of rotatable bonds is 4. The molecule has 0 N–H and O–H groups in total. The predicted octanol–water partition coefficient (Wildman–Crippen LogP) is 3.62. The highest BCUT2D eigenvalue weighted by Gasteiger charge is 2.41. The molecular weight excluding hydrogens is 324 g/mol. The molecule has 1 atom stereocenters. The van der Waals surface area contributed by atoms with Crippen LogP contribution in [0.3, 0.4) is 0 Å². The number of amides is 2. The average molecular weight is 350 g/mol. The molecule has 4 heteroatoms. The quantitative estimate of drug-likeness (QED) is 0.845. The molecule has 1 saturated heterocycles. The number of nitrogens with zero attached hydrogens (tertiary/aromatic N) is 2. The van der Waals surface area contributed by atoms with E-state index >= 15 is 0 Å². The minimum Gasteiger partial charge on any atom is -0.329 e. The summed E-state index contributed by atoms with van der Waals surface area (Å²) in [6.07, 6.45) is 0. The van der Waals surface area contributed by atoms with Gasteiger partial charge in [0.1, 0.15) is 12.6 Å². The van der Waals surface area contributed by atoms with Gasteiger partial charge in [0, 0.05) is 12.6 Å². The lowest BCUT2D eigenvalue weighted by molar-refractivity contribution is -0.158. The topological polar surface area (TPSA) is 40.6 Å². The largest absolute Gasteiger partial charge is 0.329 e. The van der Waals surface area contributed by atoms with Gasteiger partial charge in [-0.05, 0) is 38.8 Å². The van der Waals surface area contributed by atoms with Crippen molar-refractivity contribution in [2.24, 2.45) is 0 Å². The van der Waals surface area contributed by atoms with Crippen LogP contribution in [0.15, 0.2) is 48.5 Å². The highest BCUT2D eigenvalue weighted by molar-refractivity contribution is 5.95. The Hall–Kier alpha value is -2.62. The third kappa shape index (κ3) is 3.64.